The first-order valence-corrected chi connectivity index (χ1v) is 2.74. The van der Waals surface area contributed by atoms with Crippen LogP contribution in [0.1, 0.15) is 6.92 Å². The second-order valence-corrected chi connectivity index (χ2v) is 1.98. The average Bonchev–Trinajstić information content (AvgIpc) is 1.84. The van der Waals surface area contributed by atoms with E-state index >= 15 is 0 Å². The minimum Gasteiger partial charge on any atom is -0.394 e. The molecule has 0 fully saturated rings. The molecule has 3 atom stereocenters. The molecule has 0 spiro atoms. The summed E-state index contributed by atoms with van der Waals surface area (Å²) < 4.78 is 0. The van der Waals surface area contributed by atoms with Gasteiger partial charge in [-0.1, -0.05) is 0 Å². The molecular weight excluding hydrogens is 124 g/mol. The van der Waals surface area contributed by atoms with Gasteiger partial charge in [0.1, 0.15) is 12.2 Å². The van der Waals surface area contributed by atoms with Crippen molar-refractivity contribution in [3.05, 3.63) is 0 Å². The van der Waals surface area contributed by atoms with Gasteiger partial charge >= 0.3 is 0 Å². The lowest BCUT2D eigenvalue weighted by atomic mass is 10.1. The van der Waals surface area contributed by atoms with E-state index in [1.54, 1.807) is 0 Å². The van der Waals surface area contributed by atoms with Crippen molar-refractivity contribution in [3.63, 3.8) is 0 Å². The third kappa shape index (κ3) is 2.76. The third-order valence-corrected chi connectivity index (χ3v) is 1.08. The molecule has 0 aromatic carbocycles. The standard InChI is InChI=1S/C5H12O4/c1-3(7)5(9)4(8)2-6/h3-9H,2H2,1H3/t3-,4+,5?/m0/s1. The van der Waals surface area contributed by atoms with Gasteiger partial charge in [0, 0.05) is 0 Å². The second kappa shape index (κ2) is 3.79. The molecule has 0 heterocycles. The van der Waals surface area contributed by atoms with Crippen LogP contribution in [0.3, 0.4) is 0 Å². The highest BCUT2D eigenvalue weighted by atomic mass is 16.4. The molecule has 0 aromatic rings. The molecule has 1 unspecified atom stereocenters. The minimum atomic E-state index is -1.25. The van der Waals surface area contributed by atoms with Crippen LogP contribution in [-0.4, -0.2) is 45.3 Å². The monoisotopic (exact) mass is 136 g/mol. The van der Waals surface area contributed by atoms with Crippen LogP contribution in [0, 0.1) is 0 Å². The van der Waals surface area contributed by atoms with E-state index < -0.39 is 24.9 Å². The van der Waals surface area contributed by atoms with Gasteiger partial charge in [0.05, 0.1) is 12.7 Å². The number of aliphatic hydroxyl groups is 4. The Labute approximate surface area is 53.4 Å². The molecule has 0 aliphatic carbocycles. The highest BCUT2D eigenvalue weighted by molar-refractivity contribution is 4.70. The van der Waals surface area contributed by atoms with E-state index in [2.05, 4.69) is 0 Å². The Bertz CT molecular complexity index is 73.4. The Morgan fingerprint density at radius 2 is 1.67 bits per heavy atom. The zero-order chi connectivity index (χ0) is 7.44. The molecule has 0 aliphatic heterocycles. The van der Waals surface area contributed by atoms with Crippen LogP contribution in [-0.2, 0) is 0 Å². The van der Waals surface area contributed by atoms with Crippen molar-refractivity contribution in [2.24, 2.45) is 0 Å². The summed E-state index contributed by atoms with van der Waals surface area (Å²) in [6.45, 7) is 0.801. The first-order chi connectivity index (χ1) is 4.09. The smallest absolute Gasteiger partial charge is 0.108 e. The lowest BCUT2D eigenvalue weighted by Gasteiger charge is -2.17. The summed E-state index contributed by atoms with van der Waals surface area (Å²) in [5.74, 6) is 0. The van der Waals surface area contributed by atoms with E-state index in [-0.39, 0.29) is 0 Å². The molecule has 4 nitrogen and oxygen atoms in total. The summed E-state index contributed by atoms with van der Waals surface area (Å²) >= 11 is 0. The second-order valence-electron chi connectivity index (χ2n) is 1.98. The van der Waals surface area contributed by atoms with Gasteiger partial charge in [0.25, 0.3) is 0 Å². The molecule has 4 heteroatoms. The Balaban J connectivity index is 3.58. The molecule has 0 bridgehead atoms. The fraction of sp³-hybridized carbons (Fsp3) is 1.00. The molecular formula is C5H12O4. The Hall–Kier alpha value is -0.160. The van der Waals surface area contributed by atoms with Crippen LogP contribution in [0.4, 0.5) is 0 Å². The first kappa shape index (κ1) is 8.84. The van der Waals surface area contributed by atoms with Crippen molar-refractivity contribution in [3.8, 4) is 0 Å². The van der Waals surface area contributed by atoms with Gasteiger partial charge < -0.3 is 20.4 Å². The van der Waals surface area contributed by atoms with Crippen molar-refractivity contribution in [1.82, 2.24) is 0 Å². The van der Waals surface area contributed by atoms with E-state index in [9.17, 15) is 0 Å². The van der Waals surface area contributed by atoms with E-state index in [1.165, 1.54) is 6.92 Å². The highest BCUT2D eigenvalue weighted by Gasteiger charge is 2.19. The number of hydrogen-bond acceptors (Lipinski definition) is 4. The molecule has 0 saturated heterocycles. The maximum absolute atomic E-state index is 8.73. The summed E-state index contributed by atoms with van der Waals surface area (Å²) in [5.41, 5.74) is 0. The summed E-state index contributed by atoms with van der Waals surface area (Å²) in [5, 5.41) is 34.2. The lowest BCUT2D eigenvalue weighted by Crippen LogP contribution is -2.37. The van der Waals surface area contributed by atoms with Gasteiger partial charge in [-0.3, -0.25) is 0 Å². The maximum atomic E-state index is 8.73. The number of hydrogen-bond donors (Lipinski definition) is 4. The van der Waals surface area contributed by atoms with Gasteiger partial charge in [-0.2, -0.15) is 0 Å². The Morgan fingerprint density at radius 3 is 1.78 bits per heavy atom. The summed E-state index contributed by atoms with van der Waals surface area (Å²) in [7, 11) is 0. The molecule has 0 aromatic heterocycles. The maximum Gasteiger partial charge on any atom is 0.108 e. The molecule has 0 saturated carbocycles. The zero-order valence-electron chi connectivity index (χ0n) is 5.23. The van der Waals surface area contributed by atoms with Gasteiger partial charge in [-0.05, 0) is 6.92 Å². The quantitative estimate of drug-likeness (QED) is 0.364. The summed E-state index contributed by atoms with van der Waals surface area (Å²) in [6, 6.07) is 0. The number of aliphatic hydroxyl groups excluding tert-OH is 4. The van der Waals surface area contributed by atoms with Crippen molar-refractivity contribution < 1.29 is 20.4 Å². The van der Waals surface area contributed by atoms with Crippen LogP contribution in [0.25, 0.3) is 0 Å². The van der Waals surface area contributed by atoms with E-state index in [1.807, 2.05) is 0 Å². The van der Waals surface area contributed by atoms with Crippen LogP contribution >= 0.6 is 0 Å². The summed E-state index contributed by atoms with van der Waals surface area (Å²) in [4.78, 5) is 0. The highest BCUT2D eigenvalue weighted by Crippen LogP contribution is 1.97. The SMILES string of the molecule is C[C@H](O)C(O)[C@H](O)CO. The molecule has 56 valence electrons. The van der Waals surface area contributed by atoms with Crippen LogP contribution < -0.4 is 0 Å². The van der Waals surface area contributed by atoms with Gasteiger partial charge in [0.2, 0.25) is 0 Å². The lowest BCUT2D eigenvalue weighted by molar-refractivity contribution is -0.0698. The van der Waals surface area contributed by atoms with Crippen LogP contribution in [0.15, 0.2) is 0 Å². The predicted molar refractivity (Wildman–Crippen MR) is 30.8 cm³/mol. The van der Waals surface area contributed by atoms with Crippen LogP contribution in [0.2, 0.25) is 0 Å². The average molecular weight is 136 g/mol. The molecule has 9 heavy (non-hydrogen) atoms. The van der Waals surface area contributed by atoms with Crippen molar-refractivity contribution >= 4 is 0 Å². The fourth-order valence-corrected chi connectivity index (χ4v) is 0.429. The van der Waals surface area contributed by atoms with Crippen molar-refractivity contribution in [1.29, 1.82) is 0 Å². The van der Waals surface area contributed by atoms with Gasteiger partial charge in [0.15, 0.2) is 0 Å². The van der Waals surface area contributed by atoms with E-state index in [0.717, 1.165) is 0 Å². The van der Waals surface area contributed by atoms with E-state index in [4.69, 9.17) is 20.4 Å². The molecule has 0 amide bonds. The fourth-order valence-electron chi connectivity index (χ4n) is 0.429. The summed E-state index contributed by atoms with van der Waals surface area (Å²) in [6.07, 6.45) is -3.51. The van der Waals surface area contributed by atoms with Gasteiger partial charge in [-0.15, -0.1) is 0 Å². The van der Waals surface area contributed by atoms with Crippen LogP contribution in [0.5, 0.6) is 0 Å². The largest absolute Gasteiger partial charge is 0.394 e. The normalized spacial score (nSPS) is 21.0. The number of rotatable bonds is 3. The topological polar surface area (TPSA) is 80.9 Å². The third-order valence-electron chi connectivity index (χ3n) is 1.08. The van der Waals surface area contributed by atoms with Crippen molar-refractivity contribution in [2.45, 2.75) is 25.2 Å². The van der Waals surface area contributed by atoms with Gasteiger partial charge in [-0.25, -0.2) is 0 Å². The first-order valence-electron chi connectivity index (χ1n) is 2.74. The zero-order valence-corrected chi connectivity index (χ0v) is 5.23. The molecule has 4 N–H and O–H groups in total. The Kier molecular flexibility index (Phi) is 3.72. The molecule has 0 rings (SSSR count). The minimum absolute atomic E-state index is 0.536. The molecule has 0 aliphatic rings. The Morgan fingerprint density at radius 1 is 1.22 bits per heavy atom. The van der Waals surface area contributed by atoms with Crippen molar-refractivity contribution in [2.75, 3.05) is 6.61 Å². The molecule has 0 radical (unpaired) electrons. The van der Waals surface area contributed by atoms with E-state index in [0.29, 0.717) is 0 Å². The predicted octanol–water partition coefficient (Wildman–Crippen LogP) is -1.92.